The molecular formula is C20H22FN5OS. The summed E-state index contributed by atoms with van der Waals surface area (Å²) in [5.41, 5.74) is 0.537. The smallest absolute Gasteiger partial charge is 0.246 e. The minimum absolute atomic E-state index is 0.00417. The molecule has 0 radical (unpaired) electrons. The molecular weight excluding hydrogens is 377 g/mol. The van der Waals surface area contributed by atoms with Gasteiger partial charge in [0.1, 0.15) is 12.4 Å². The number of anilines is 1. The quantitative estimate of drug-likeness (QED) is 0.649. The highest BCUT2D eigenvalue weighted by atomic mass is 32.1. The van der Waals surface area contributed by atoms with Crippen molar-refractivity contribution in [3.63, 3.8) is 0 Å². The standard InChI is InChI=1S/C20H22FN5OS/c21-16-8-10-17(11-9-16)22-18(27)14-25-20(28)26(24-12-4-5-13-24)19(23-25)15-6-2-1-3-7-15/h4-5,8-13,15H,1-3,6-7,14H2,(H,22,27). The number of hydrogen-bond donors (Lipinski definition) is 1. The molecule has 1 aliphatic rings. The molecule has 0 bridgehead atoms. The van der Waals surface area contributed by atoms with Gasteiger partial charge in [0.2, 0.25) is 10.7 Å². The Morgan fingerprint density at radius 3 is 2.50 bits per heavy atom. The molecule has 3 aromatic rings. The molecule has 6 nitrogen and oxygen atoms in total. The topological polar surface area (TPSA) is 56.8 Å². The number of halogens is 1. The van der Waals surface area contributed by atoms with Crippen LogP contribution in [0.15, 0.2) is 48.8 Å². The van der Waals surface area contributed by atoms with Crippen LogP contribution < -0.4 is 5.32 Å². The van der Waals surface area contributed by atoms with Crippen molar-refractivity contribution in [2.45, 2.75) is 44.6 Å². The van der Waals surface area contributed by atoms with Gasteiger partial charge in [-0.15, -0.1) is 0 Å². The van der Waals surface area contributed by atoms with E-state index < -0.39 is 0 Å². The van der Waals surface area contributed by atoms with Gasteiger partial charge in [-0.3, -0.25) is 9.47 Å². The van der Waals surface area contributed by atoms with E-state index in [2.05, 4.69) is 5.32 Å². The fourth-order valence-corrected chi connectivity index (χ4v) is 3.97. The van der Waals surface area contributed by atoms with E-state index in [0.29, 0.717) is 16.4 Å². The fraction of sp³-hybridized carbons (Fsp3) is 0.350. The second-order valence-corrected chi connectivity index (χ2v) is 7.43. The van der Waals surface area contributed by atoms with Gasteiger partial charge in [-0.1, -0.05) is 19.3 Å². The van der Waals surface area contributed by atoms with E-state index in [1.165, 1.54) is 43.5 Å². The molecule has 1 saturated carbocycles. The highest BCUT2D eigenvalue weighted by molar-refractivity contribution is 7.71. The summed E-state index contributed by atoms with van der Waals surface area (Å²) >= 11 is 5.64. The van der Waals surface area contributed by atoms with Crippen molar-refractivity contribution in [3.8, 4) is 0 Å². The average Bonchev–Trinajstić information content (AvgIpc) is 3.33. The van der Waals surface area contributed by atoms with Crippen molar-refractivity contribution >= 4 is 23.8 Å². The zero-order valence-electron chi connectivity index (χ0n) is 15.4. The Labute approximate surface area is 167 Å². The summed E-state index contributed by atoms with van der Waals surface area (Å²) in [5, 5.41) is 7.48. The third-order valence-electron chi connectivity index (χ3n) is 5.05. The molecule has 146 valence electrons. The number of carbonyl (C=O) groups excluding carboxylic acids is 1. The molecule has 8 heteroatoms. The van der Waals surface area contributed by atoms with Gasteiger partial charge < -0.3 is 5.32 Å². The minimum Gasteiger partial charge on any atom is -0.324 e. The Morgan fingerprint density at radius 1 is 1.14 bits per heavy atom. The predicted molar refractivity (Wildman–Crippen MR) is 107 cm³/mol. The molecule has 1 amide bonds. The summed E-state index contributed by atoms with van der Waals surface area (Å²) in [7, 11) is 0. The van der Waals surface area contributed by atoms with Gasteiger partial charge in [0.15, 0.2) is 5.82 Å². The van der Waals surface area contributed by atoms with Gasteiger partial charge in [0.25, 0.3) is 0 Å². The van der Waals surface area contributed by atoms with Crippen LogP contribution in [-0.4, -0.2) is 25.0 Å². The van der Waals surface area contributed by atoms with Crippen LogP contribution in [0.25, 0.3) is 0 Å². The number of amides is 1. The van der Waals surface area contributed by atoms with E-state index in [9.17, 15) is 9.18 Å². The summed E-state index contributed by atoms with van der Waals surface area (Å²) in [4.78, 5) is 12.5. The van der Waals surface area contributed by atoms with E-state index >= 15 is 0 Å². The van der Waals surface area contributed by atoms with Crippen LogP contribution in [0.2, 0.25) is 0 Å². The fourth-order valence-electron chi connectivity index (χ4n) is 3.68. The molecule has 0 unspecified atom stereocenters. The molecule has 2 heterocycles. The van der Waals surface area contributed by atoms with Crippen LogP contribution >= 0.6 is 12.2 Å². The van der Waals surface area contributed by atoms with Gasteiger partial charge in [0.05, 0.1) is 0 Å². The molecule has 0 saturated heterocycles. The second-order valence-electron chi connectivity index (χ2n) is 7.06. The van der Waals surface area contributed by atoms with Gasteiger partial charge in [-0.2, -0.15) is 5.10 Å². The zero-order valence-corrected chi connectivity index (χ0v) is 16.2. The Hall–Kier alpha value is -2.74. The lowest BCUT2D eigenvalue weighted by atomic mass is 9.89. The maximum absolute atomic E-state index is 13.0. The second kappa shape index (κ2) is 8.10. The molecule has 1 N–H and O–H groups in total. The Kier molecular flexibility index (Phi) is 5.38. The van der Waals surface area contributed by atoms with Crippen LogP contribution in [0.5, 0.6) is 0 Å². The van der Waals surface area contributed by atoms with E-state index in [-0.39, 0.29) is 18.3 Å². The van der Waals surface area contributed by atoms with Crippen LogP contribution in [-0.2, 0) is 11.3 Å². The number of nitrogens with one attached hydrogen (secondary N) is 1. The van der Waals surface area contributed by atoms with Crippen molar-refractivity contribution in [3.05, 3.63) is 65.2 Å². The lowest BCUT2D eigenvalue weighted by Crippen LogP contribution is -2.20. The highest BCUT2D eigenvalue weighted by Crippen LogP contribution is 2.32. The summed E-state index contributed by atoms with van der Waals surface area (Å²) in [6.45, 7) is 0.00417. The van der Waals surface area contributed by atoms with Crippen molar-refractivity contribution < 1.29 is 9.18 Å². The van der Waals surface area contributed by atoms with Gasteiger partial charge in [0, 0.05) is 24.0 Å². The largest absolute Gasteiger partial charge is 0.324 e. The monoisotopic (exact) mass is 399 g/mol. The number of benzene rings is 1. The lowest BCUT2D eigenvalue weighted by molar-refractivity contribution is -0.116. The summed E-state index contributed by atoms with van der Waals surface area (Å²) in [6.07, 6.45) is 9.62. The predicted octanol–water partition coefficient (Wildman–Crippen LogP) is 4.35. The Bertz CT molecular complexity index is 1000. The number of carbonyl (C=O) groups is 1. The number of hydrogen-bond acceptors (Lipinski definition) is 3. The number of aromatic nitrogens is 4. The lowest BCUT2D eigenvalue weighted by Gasteiger charge is -2.21. The summed E-state index contributed by atoms with van der Waals surface area (Å²) < 4.78 is 18.9. The van der Waals surface area contributed by atoms with Crippen molar-refractivity contribution in [2.75, 3.05) is 5.32 Å². The molecule has 4 rings (SSSR count). The van der Waals surface area contributed by atoms with E-state index in [0.717, 1.165) is 18.7 Å². The molecule has 0 spiro atoms. The summed E-state index contributed by atoms with van der Waals surface area (Å²) in [6, 6.07) is 9.54. The van der Waals surface area contributed by atoms with E-state index in [4.69, 9.17) is 17.3 Å². The van der Waals surface area contributed by atoms with Crippen molar-refractivity contribution in [2.24, 2.45) is 0 Å². The molecule has 0 atom stereocenters. The van der Waals surface area contributed by atoms with E-state index in [1.807, 2.05) is 33.9 Å². The third kappa shape index (κ3) is 3.91. The Balaban J connectivity index is 1.61. The molecule has 28 heavy (non-hydrogen) atoms. The third-order valence-corrected chi connectivity index (χ3v) is 5.44. The molecule has 1 aliphatic carbocycles. The highest BCUT2D eigenvalue weighted by Gasteiger charge is 2.24. The minimum atomic E-state index is -0.345. The van der Waals surface area contributed by atoms with Gasteiger partial charge in [-0.05, 0) is 61.5 Å². The Morgan fingerprint density at radius 2 is 1.82 bits per heavy atom. The maximum atomic E-state index is 13.0. The molecule has 2 aromatic heterocycles. The first-order valence-corrected chi connectivity index (χ1v) is 9.91. The first-order valence-electron chi connectivity index (χ1n) is 9.50. The zero-order chi connectivity index (χ0) is 19.5. The van der Waals surface area contributed by atoms with Crippen molar-refractivity contribution in [1.82, 2.24) is 19.1 Å². The maximum Gasteiger partial charge on any atom is 0.246 e. The normalized spacial score (nSPS) is 14.9. The molecule has 0 aliphatic heterocycles. The SMILES string of the molecule is O=C(Cn1nc(C2CCCCC2)n(-n2cccc2)c1=S)Nc1ccc(F)cc1. The van der Waals surface area contributed by atoms with Crippen molar-refractivity contribution in [1.29, 1.82) is 0 Å². The first kappa shape index (κ1) is 18.6. The molecule has 1 fully saturated rings. The van der Waals surface area contributed by atoms with Gasteiger partial charge in [-0.25, -0.2) is 13.7 Å². The van der Waals surface area contributed by atoms with Crippen LogP contribution in [0.1, 0.15) is 43.8 Å². The van der Waals surface area contributed by atoms with Crippen LogP contribution in [0.3, 0.4) is 0 Å². The van der Waals surface area contributed by atoms with Crippen LogP contribution in [0.4, 0.5) is 10.1 Å². The average molecular weight is 399 g/mol. The number of rotatable bonds is 5. The van der Waals surface area contributed by atoms with Crippen LogP contribution in [0, 0.1) is 10.6 Å². The number of nitrogens with zero attached hydrogens (tertiary/aromatic N) is 4. The molecule has 1 aromatic carbocycles. The van der Waals surface area contributed by atoms with E-state index in [1.54, 1.807) is 4.68 Å². The first-order chi connectivity index (χ1) is 13.6. The summed E-state index contributed by atoms with van der Waals surface area (Å²) in [5.74, 6) is 0.632. The van der Waals surface area contributed by atoms with Gasteiger partial charge >= 0.3 is 0 Å².